The Morgan fingerprint density at radius 2 is 2.04 bits per heavy atom. The van der Waals surface area contributed by atoms with Crippen LogP contribution in [0.4, 0.5) is 5.82 Å². The molecule has 0 saturated carbocycles. The van der Waals surface area contributed by atoms with Crippen molar-refractivity contribution in [1.29, 1.82) is 0 Å². The van der Waals surface area contributed by atoms with Gasteiger partial charge in [-0.1, -0.05) is 30.3 Å². The van der Waals surface area contributed by atoms with Crippen molar-refractivity contribution in [1.82, 2.24) is 15.3 Å². The van der Waals surface area contributed by atoms with E-state index in [0.29, 0.717) is 37.6 Å². The molecule has 0 bridgehead atoms. The highest BCUT2D eigenvalue weighted by Gasteiger charge is 2.35. The molecule has 0 spiro atoms. The van der Waals surface area contributed by atoms with Gasteiger partial charge in [0.05, 0.1) is 6.10 Å². The normalized spacial score (nSPS) is 22.6. The summed E-state index contributed by atoms with van der Waals surface area (Å²) in [6.07, 6.45) is -0.160. The van der Waals surface area contributed by atoms with Gasteiger partial charge < -0.3 is 20.1 Å². The number of nitrogens with one attached hydrogen (secondary N) is 1. The molecule has 3 heterocycles. The number of benzene rings is 1. The van der Waals surface area contributed by atoms with Crippen molar-refractivity contribution >= 4 is 11.7 Å². The number of aromatic nitrogens is 2. The van der Waals surface area contributed by atoms with E-state index in [2.05, 4.69) is 10.3 Å². The predicted molar refractivity (Wildman–Crippen MR) is 92.5 cm³/mol. The minimum absolute atomic E-state index is 0.176. The van der Waals surface area contributed by atoms with Gasteiger partial charge in [-0.25, -0.2) is 9.97 Å². The van der Waals surface area contributed by atoms with Gasteiger partial charge in [-0.2, -0.15) is 0 Å². The summed E-state index contributed by atoms with van der Waals surface area (Å²) in [4.78, 5) is 23.6. The quantitative estimate of drug-likeness (QED) is 0.852. The number of carbonyl (C=O) groups is 1. The Morgan fingerprint density at radius 3 is 2.76 bits per heavy atom. The maximum absolute atomic E-state index is 12.3. The number of aliphatic hydroxyl groups excluding tert-OH is 1. The molecule has 7 nitrogen and oxygen atoms in total. The van der Waals surface area contributed by atoms with Crippen LogP contribution in [0.1, 0.15) is 16.1 Å². The van der Waals surface area contributed by atoms with Crippen molar-refractivity contribution in [3.63, 3.8) is 0 Å². The van der Waals surface area contributed by atoms with E-state index in [-0.39, 0.29) is 12.0 Å². The molecule has 2 atom stereocenters. The van der Waals surface area contributed by atoms with Crippen LogP contribution in [0, 0.1) is 0 Å². The highest BCUT2D eigenvalue weighted by atomic mass is 16.5. The average Bonchev–Trinajstić information content (AvgIpc) is 3.03. The number of hydrogen-bond donors (Lipinski definition) is 2. The summed E-state index contributed by atoms with van der Waals surface area (Å²) < 4.78 is 5.34. The molecule has 2 aromatic rings. The highest BCUT2D eigenvalue weighted by Crippen LogP contribution is 2.30. The second-order valence-corrected chi connectivity index (χ2v) is 6.32. The first-order valence-electron chi connectivity index (χ1n) is 8.37. The maximum Gasteiger partial charge on any atom is 0.270 e. The molecule has 25 heavy (non-hydrogen) atoms. The Morgan fingerprint density at radius 1 is 1.24 bits per heavy atom. The van der Waals surface area contributed by atoms with Gasteiger partial charge in [-0.3, -0.25) is 4.79 Å². The number of rotatable bonds is 3. The Bertz CT molecular complexity index is 796. The minimum Gasteiger partial charge on any atom is -0.388 e. The third-order valence-corrected chi connectivity index (χ3v) is 4.73. The number of methoxy groups -OCH3 is 1. The van der Waals surface area contributed by atoms with Gasteiger partial charge in [0, 0.05) is 37.9 Å². The summed E-state index contributed by atoms with van der Waals surface area (Å²) in [5.74, 6) is 1.06. The van der Waals surface area contributed by atoms with E-state index in [1.807, 2.05) is 35.2 Å². The fourth-order valence-electron chi connectivity index (χ4n) is 3.41. The first-order chi connectivity index (χ1) is 12.2. The first-order valence-corrected chi connectivity index (χ1v) is 8.37. The maximum atomic E-state index is 12.3. The van der Waals surface area contributed by atoms with E-state index in [9.17, 15) is 9.90 Å². The molecule has 1 saturated heterocycles. The zero-order valence-corrected chi connectivity index (χ0v) is 14.0. The van der Waals surface area contributed by atoms with Crippen LogP contribution in [0.15, 0.2) is 30.3 Å². The minimum atomic E-state index is -0.576. The van der Waals surface area contributed by atoms with E-state index in [4.69, 9.17) is 9.72 Å². The van der Waals surface area contributed by atoms with E-state index in [1.165, 1.54) is 0 Å². The fraction of sp³-hybridized carbons (Fsp3) is 0.389. The zero-order chi connectivity index (χ0) is 17.4. The van der Waals surface area contributed by atoms with Crippen molar-refractivity contribution in [3.8, 4) is 11.4 Å². The molecule has 1 aromatic carbocycles. The molecule has 1 amide bonds. The van der Waals surface area contributed by atoms with Crippen molar-refractivity contribution < 1.29 is 14.6 Å². The number of β-amino-alcohol motifs (C(OH)–C–C–N with tert-alkyl or cyclic N) is 1. The largest absolute Gasteiger partial charge is 0.388 e. The number of aliphatic hydroxyl groups is 1. The van der Waals surface area contributed by atoms with Crippen LogP contribution in [-0.4, -0.2) is 59.9 Å². The number of fused-ring (bicyclic) bond motifs is 1. The molecule has 0 aliphatic carbocycles. The third kappa shape index (κ3) is 2.85. The summed E-state index contributed by atoms with van der Waals surface area (Å²) in [6, 6.07) is 9.60. The van der Waals surface area contributed by atoms with Gasteiger partial charge in [-0.15, -0.1) is 0 Å². The van der Waals surface area contributed by atoms with E-state index in [0.717, 1.165) is 16.9 Å². The molecule has 1 fully saturated rings. The number of ether oxygens (including phenoxy) is 1. The number of hydrogen-bond acceptors (Lipinski definition) is 6. The number of anilines is 1. The van der Waals surface area contributed by atoms with Gasteiger partial charge in [0.15, 0.2) is 5.82 Å². The van der Waals surface area contributed by atoms with Gasteiger partial charge >= 0.3 is 0 Å². The van der Waals surface area contributed by atoms with E-state index >= 15 is 0 Å². The van der Waals surface area contributed by atoms with Crippen LogP contribution >= 0.6 is 0 Å². The van der Waals surface area contributed by atoms with E-state index < -0.39 is 6.10 Å². The molecular weight excluding hydrogens is 320 g/mol. The summed E-state index contributed by atoms with van der Waals surface area (Å²) >= 11 is 0. The van der Waals surface area contributed by atoms with Crippen LogP contribution in [0.5, 0.6) is 0 Å². The Hall–Kier alpha value is -2.51. The average molecular weight is 340 g/mol. The second-order valence-electron chi connectivity index (χ2n) is 6.32. The molecule has 2 N–H and O–H groups in total. The van der Waals surface area contributed by atoms with Crippen LogP contribution in [0.25, 0.3) is 11.4 Å². The molecule has 0 radical (unpaired) electrons. The van der Waals surface area contributed by atoms with Crippen LogP contribution in [0.3, 0.4) is 0 Å². The van der Waals surface area contributed by atoms with Crippen LogP contribution < -0.4 is 10.2 Å². The van der Waals surface area contributed by atoms with Crippen LogP contribution in [-0.2, 0) is 11.2 Å². The second kappa shape index (κ2) is 6.42. The topological polar surface area (TPSA) is 87.6 Å². The number of nitrogens with zero attached hydrogens (tertiary/aromatic N) is 3. The summed E-state index contributed by atoms with van der Waals surface area (Å²) in [7, 11) is 1.59. The Kier molecular flexibility index (Phi) is 4.10. The van der Waals surface area contributed by atoms with E-state index in [1.54, 1.807) is 7.11 Å². The van der Waals surface area contributed by atoms with Crippen molar-refractivity contribution in [2.75, 3.05) is 31.6 Å². The first kappa shape index (κ1) is 16.0. The van der Waals surface area contributed by atoms with Crippen LogP contribution in [0.2, 0.25) is 0 Å². The highest BCUT2D eigenvalue weighted by molar-refractivity contribution is 5.96. The number of amides is 1. The van der Waals surface area contributed by atoms with Crippen molar-refractivity contribution in [2.24, 2.45) is 0 Å². The third-order valence-electron chi connectivity index (χ3n) is 4.73. The Balaban J connectivity index is 1.82. The lowest BCUT2D eigenvalue weighted by Crippen LogP contribution is -2.35. The molecule has 7 heteroatoms. The predicted octanol–water partition coefficient (Wildman–Crippen LogP) is 0.625. The van der Waals surface area contributed by atoms with Gasteiger partial charge in [0.1, 0.15) is 17.6 Å². The zero-order valence-electron chi connectivity index (χ0n) is 14.0. The number of carbonyl (C=O) groups excluding carboxylic acids is 1. The molecule has 0 unspecified atom stereocenters. The monoisotopic (exact) mass is 340 g/mol. The van der Waals surface area contributed by atoms with Gasteiger partial charge in [0.2, 0.25) is 0 Å². The lowest BCUT2D eigenvalue weighted by molar-refractivity contribution is 0.0217. The fourth-order valence-corrected chi connectivity index (χ4v) is 3.41. The molecule has 2 aliphatic heterocycles. The molecule has 130 valence electrons. The van der Waals surface area contributed by atoms with Crippen molar-refractivity contribution in [2.45, 2.75) is 18.6 Å². The lowest BCUT2D eigenvalue weighted by atomic mass is 10.1. The lowest BCUT2D eigenvalue weighted by Gasteiger charge is -2.25. The summed E-state index contributed by atoms with van der Waals surface area (Å²) in [5, 5.41) is 13.0. The summed E-state index contributed by atoms with van der Waals surface area (Å²) in [6.45, 7) is 1.53. The van der Waals surface area contributed by atoms with Gasteiger partial charge in [-0.05, 0) is 6.42 Å². The van der Waals surface area contributed by atoms with Gasteiger partial charge in [0.25, 0.3) is 5.91 Å². The smallest absolute Gasteiger partial charge is 0.270 e. The summed E-state index contributed by atoms with van der Waals surface area (Å²) in [5.41, 5.74) is 2.12. The Labute approximate surface area is 145 Å². The molecular formula is C18H20N4O3. The molecule has 2 aliphatic rings. The standard InChI is InChI=1S/C18H20N4O3/c1-25-14-10-22(9-13(14)23)17-12-7-8-19-18(24)15(12)20-16(21-17)11-5-3-2-4-6-11/h2-6,13-14,23H,7-10H2,1H3,(H,19,24)/t13-,14-/m0/s1. The molecule has 4 rings (SSSR count). The SMILES string of the molecule is CO[C@H]1CN(c2nc(-c3ccccc3)nc3c2CCNC3=O)C[C@@H]1O. The van der Waals surface area contributed by atoms with Crippen molar-refractivity contribution in [3.05, 3.63) is 41.6 Å². The molecule has 1 aromatic heterocycles.